The van der Waals surface area contributed by atoms with Crippen molar-refractivity contribution in [3.8, 4) is 11.5 Å². The van der Waals surface area contributed by atoms with Crippen molar-refractivity contribution >= 4 is 38.3 Å². The Balaban J connectivity index is 1.92. The van der Waals surface area contributed by atoms with Crippen LogP contribution in [0.3, 0.4) is 0 Å². The maximum atomic E-state index is 12.4. The fraction of sp³-hybridized carbons (Fsp3) is 0.111. The SMILES string of the molecule is COc1ccc(NC(=O)c2cc3ccc(Br)cc3c(=O)o2)cc1OC. The van der Waals surface area contributed by atoms with Crippen LogP contribution in [0.25, 0.3) is 10.8 Å². The van der Waals surface area contributed by atoms with Gasteiger partial charge in [-0.15, -0.1) is 0 Å². The molecule has 0 bridgehead atoms. The molecule has 0 spiro atoms. The van der Waals surface area contributed by atoms with Crippen molar-refractivity contribution < 1.29 is 18.7 Å². The molecule has 2 aromatic carbocycles. The summed E-state index contributed by atoms with van der Waals surface area (Å²) in [7, 11) is 3.03. The first kappa shape index (κ1) is 17.0. The number of benzene rings is 2. The van der Waals surface area contributed by atoms with Gasteiger partial charge in [0, 0.05) is 16.2 Å². The van der Waals surface area contributed by atoms with Crippen LogP contribution in [0.4, 0.5) is 5.69 Å². The molecule has 1 aromatic heterocycles. The van der Waals surface area contributed by atoms with Crippen molar-refractivity contribution in [2.24, 2.45) is 0 Å². The number of carbonyl (C=O) groups is 1. The van der Waals surface area contributed by atoms with Crippen LogP contribution in [0.1, 0.15) is 10.6 Å². The molecule has 0 saturated carbocycles. The number of ether oxygens (including phenoxy) is 2. The number of nitrogens with one attached hydrogen (secondary N) is 1. The Hall–Kier alpha value is -2.80. The van der Waals surface area contributed by atoms with E-state index in [0.29, 0.717) is 28.0 Å². The Morgan fingerprint density at radius 3 is 2.52 bits per heavy atom. The second-order valence-electron chi connectivity index (χ2n) is 5.15. The molecule has 0 fully saturated rings. The van der Waals surface area contributed by atoms with E-state index < -0.39 is 11.5 Å². The van der Waals surface area contributed by atoms with Crippen molar-refractivity contribution in [2.75, 3.05) is 19.5 Å². The fourth-order valence-electron chi connectivity index (χ4n) is 2.38. The predicted octanol–water partition coefficient (Wildman–Crippen LogP) is 3.83. The normalized spacial score (nSPS) is 10.5. The van der Waals surface area contributed by atoms with Crippen molar-refractivity contribution in [3.05, 3.63) is 63.1 Å². The van der Waals surface area contributed by atoms with Crippen molar-refractivity contribution in [1.82, 2.24) is 0 Å². The molecule has 128 valence electrons. The molecule has 3 rings (SSSR count). The van der Waals surface area contributed by atoms with Gasteiger partial charge in [0.05, 0.1) is 19.6 Å². The topological polar surface area (TPSA) is 77.8 Å². The lowest BCUT2D eigenvalue weighted by Crippen LogP contribution is -2.15. The summed E-state index contributed by atoms with van der Waals surface area (Å²) < 4.78 is 16.2. The van der Waals surface area contributed by atoms with E-state index in [1.54, 1.807) is 36.4 Å². The summed E-state index contributed by atoms with van der Waals surface area (Å²) in [5.41, 5.74) is -0.0857. The summed E-state index contributed by atoms with van der Waals surface area (Å²) in [5.74, 6) is 0.414. The molecule has 1 amide bonds. The van der Waals surface area contributed by atoms with Gasteiger partial charge >= 0.3 is 5.63 Å². The second kappa shape index (κ2) is 6.98. The Bertz CT molecular complexity index is 1010. The highest BCUT2D eigenvalue weighted by atomic mass is 79.9. The third kappa shape index (κ3) is 3.51. The molecule has 0 radical (unpaired) electrons. The van der Waals surface area contributed by atoms with Gasteiger partial charge in [-0.1, -0.05) is 22.0 Å². The quantitative estimate of drug-likeness (QED) is 0.716. The standard InChI is InChI=1S/C18H14BrNO5/c1-23-14-6-5-12(9-15(14)24-2)20-17(21)16-7-10-3-4-11(19)8-13(10)18(22)25-16/h3-9H,1-2H3,(H,20,21). The van der Waals surface area contributed by atoms with E-state index in [0.717, 1.165) is 4.47 Å². The van der Waals surface area contributed by atoms with Gasteiger partial charge in [0.15, 0.2) is 17.3 Å². The number of hydrogen-bond donors (Lipinski definition) is 1. The molecule has 1 heterocycles. The molecule has 0 aliphatic carbocycles. The first-order chi connectivity index (χ1) is 12.0. The van der Waals surface area contributed by atoms with Crippen molar-refractivity contribution in [3.63, 3.8) is 0 Å². The third-order valence-electron chi connectivity index (χ3n) is 3.59. The molecular weight excluding hydrogens is 390 g/mol. The van der Waals surface area contributed by atoms with Crippen LogP contribution < -0.4 is 20.4 Å². The van der Waals surface area contributed by atoms with E-state index >= 15 is 0 Å². The third-order valence-corrected chi connectivity index (χ3v) is 4.08. The highest BCUT2D eigenvalue weighted by Gasteiger charge is 2.14. The molecular formula is C18H14BrNO5. The van der Waals surface area contributed by atoms with E-state index in [4.69, 9.17) is 13.9 Å². The number of rotatable bonds is 4. The Morgan fingerprint density at radius 2 is 1.80 bits per heavy atom. The minimum atomic E-state index is -0.573. The summed E-state index contributed by atoms with van der Waals surface area (Å²) in [6, 6.07) is 11.7. The van der Waals surface area contributed by atoms with Crippen LogP contribution in [-0.2, 0) is 0 Å². The number of methoxy groups -OCH3 is 2. The Morgan fingerprint density at radius 1 is 1.04 bits per heavy atom. The minimum Gasteiger partial charge on any atom is -0.493 e. The van der Waals surface area contributed by atoms with Gasteiger partial charge in [-0.2, -0.15) is 0 Å². The number of hydrogen-bond acceptors (Lipinski definition) is 5. The van der Waals surface area contributed by atoms with Gasteiger partial charge < -0.3 is 19.2 Å². The van der Waals surface area contributed by atoms with Gasteiger partial charge in [-0.3, -0.25) is 4.79 Å². The van der Waals surface area contributed by atoms with Crippen LogP contribution in [0.2, 0.25) is 0 Å². The molecule has 7 heteroatoms. The fourth-order valence-corrected chi connectivity index (χ4v) is 2.74. The van der Waals surface area contributed by atoms with E-state index in [-0.39, 0.29) is 5.76 Å². The number of amides is 1. The molecule has 1 N–H and O–H groups in total. The van der Waals surface area contributed by atoms with Gasteiger partial charge in [-0.05, 0) is 35.7 Å². The highest BCUT2D eigenvalue weighted by Crippen LogP contribution is 2.30. The summed E-state index contributed by atoms with van der Waals surface area (Å²) >= 11 is 3.30. The molecule has 25 heavy (non-hydrogen) atoms. The summed E-state index contributed by atoms with van der Waals surface area (Å²) in [6.45, 7) is 0. The largest absolute Gasteiger partial charge is 0.493 e. The molecule has 0 atom stereocenters. The Kier molecular flexibility index (Phi) is 4.76. The van der Waals surface area contributed by atoms with Gasteiger partial charge in [0.1, 0.15) is 0 Å². The van der Waals surface area contributed by atoms with Crippen LogP contribution in [0.15, 0.2) is 56.1 Å². The van der Waals surface area contributed by atoms with E-state index in [1.165, 1.54) is 20.3 Å². The van der Waals surface area contributed by atoms with Crippen molar-refractivity contribution in [1.29, 1.82) is 0 Å². The monoisotopic (exact) mass is 403 g/mol. The lowest BCUT2D eigenvalue weighted by molar-refractivity contribution is 0.0993. The number of halogens is 1. The molecule has 0 aliphatic heterocycles. The van der Waals surface area contributed by atoms with E-state index in [2.05, 4.69) is 21.2 Å². The zero-order valence-corrected chi connectivity index (χ0v) is 15.0. The number of carbonyl (C=O) groups excluding carboxylic acids is 1. The zero-order chi connectivity index (χ0) is 18.0. The van der Waals surface area contributed by atoms with Gasteiger partial charge in [-0.25, -0.2) is 4.79 Å². The maximum Gasteiger partial charge on any atom is 0.344 e. The first-order valence-electron chi connectivity index (χ1n) is 7.28. The average Bonchev–Trinajstić information content (AvgIpc) is 2.62. The second-order valence-corrected chi connectivity index (χ2v) is 6.07. The molecule has 0 aliphatic rings. The maximum absolute atomic E-state index is 12.4. The summed E-state index contributed by atoms with van der Waals surface area (Å²) in [6.07, 6.45) is 0. The molecule has 6 nitrogen and oxygen atoms in total. The van der Waals surface area contributed by atoms with E-state index in [9.17, 15) is 9.59 Å². The van der Waals surface area contributed by atoms with Crippen LogP contribution in [0, 0.1) is 0 Å². The summed E-state index contributed by atoms with van der Waals surface area (Å²) in [5, 5.41) is 3.69. The van der Waals surface area contributed by atoms with Gasteiger partial charge in [0.25, 0.3) is 5.91 Å². The van der Waals surface area contributed by atoms with Gasteiger partial charge in [0.2, 0.25) is 0 Å². The van der Waals surface area contributed by atoms with Crippen LogP contribution >= 0.6 is 15.9 Å². The zero-order valence-electron chi connectivity index (χ0n) is 13.5. The lowest BCUT2D eigenvalue weighted by atomic mass is 10.1. The van der Waals surface area contributed by atoms with Crippen LogP contribution in [-0.4, -0.2) is 20.1 Å². The van der Waals surface area contributed by atoms with E-state index in [1.807, 2.05) is 0 Å². The number of fused-ring (bicyclic) bond motifs is 1. The smallest absolute Gasteiger partial charge is 0.344 e. The Labute approximate surface area is 151 Å². The minimum absolute atomic E-state index is 0.0744. The summed E-state index contributed by atoms with van der Waals surface area (Å²) in [4.78, 5) is 24.5. The molecule has 0 unspecified atom stereocenters. The van der Waals surface area contributed by atoms with Crippen molar-refractivity contribution in [2.45, 2.75) is 0 Å². The predicted molar refractivity (Wildman–Crippen MR) is 97.7 cm³/mol. The molecule has 0 saturated heterocycles. The lowest BCUT2D eigenvalue weighted by Gasteiger charge is -2.10. The molecule has 3 aromatic rings. The highest BCUT2D eigenvalue weighted by molar-refractivity contribution is 9.10. The average molecular weight is 404 g/mol. The first-order valence-corrected chi connectivity index (χ1v) is 8.08. The van der Waals surface area contributed by atoms with Crippen LogP contribution in [0.5, 0.6) is 11.5 Å². The number of anilines is 1.